The number of carboxylic acid groups (broad SMARTS) is 1. The SMILES string of the molecule is COc1cc(C(=O)Nc2cnn(C(C)(C)C(=O)O)c2)sc1Br. The first-order chi connectivity index (χ1) is 10.3. The molecule has 9 heteroatoms. The molecule has 0 spiro atoms. The summed E-state index contributed by atoms with van der Waals surface area (Å²) in [5.74, 6) is -0.750. The number of ether oxygens (including phenoxy) is 1. The van der Waals surface area contributed by atoms with Crippen molar-refractivity contribution < 1.29 is 19.4 Å². The lowest BCUT2D eigenvalue weighted by Gasteiger charge is -2.19. The molecule has 0 aliphatic carbocycles. The lowest BCUT2D eigenvalue weighted by molar-refractivity contribution is -0.146. The van der Waals surface area contributed by atoms with Crippen LogP contribution in [0.25, 0.3) is 0 Å². The van der Waals surface area contributed by atoms with Crippen LogP contribution in [0.15, 0.2) is 22.2 Å². The number of aromatic nitrogens is 2. The molecule has 22 heavy (non-hydrogen) atoms. The summed E-state index contributed by atoms with van der Waals surface area (Å²) in [5.41, 5.74) is -0.777. The predicted octanol–water partition coefficient (Wildman–Crippen LogP) is 2.79. The summed E-state index contributed by atoms with van der Waals surface area (Å²) in [4.78, 5) is 23.8. The second-order valence-corrected chi connectivity index (χ2v) is 7.31. The molecule has 7 nitrogen and oxygen atoms in total. The van der Waals surface area contributed by atoms with Gasteiger partial charge >= 0.3 is 5.97 Å². The summed E-state index contributed by atoms with van der Waals surface area (Å²) in [7, 11) is 1.52. The topological polar surface area (TPSA) is 93.5 Å². The summed E-state index contributed by atoms with van der Waals surface area (Å²) in [6.07, 6.45) is 2.88. The number of thiophene rings is 1. The van der Waals surface area contributed by atoms with Gasteiger partial charge in [-0.25, -0.2) is 4.79 Å². The van der Waals surface area contributed by atoms with E-state index in [4.69, 9.17) is 9.84 Å². The maximum atomic E-state index is 12.2. The van der Waals surface area contributed by atoms with Crippen LogP contribution < -0.4 is 10.1 Å². The molecule has 0 fully saturated rings. The fourth-order valence-corrected chi connectivity index (χ4v) is 3.13. The highest BCUT2D eigenvalue weighted by Gasteiger charge is 2.30. The van der Waals surface area contributed by atoms with Gasteiger partial charge < -0.3 is 15.2 Å². The highest BCUT2D eigenvalue weighted by molar-refractivity contribution is 9.11. The summed E-state index contributed by atoms with van der Waals surface area (Å²) in [6, 6.07) is 1.62. The third-order valence-corrected chi connectivity index (χ3v) is 4.82. The molecule has 0 atom stereocenters. The normalized spacial score (nSPS) is 11.3. The second kappa shape index (κ2) is 6.09. The second-order valence-electron chi connectivity index (χ2n) is 4.94. The molecule has 0 radical (unpaired) electrons. The zero-order chi connectivity index (χ0) is 16.5. The molecule has 2 heterocycles. The van der Waals surface area contributed by atoms with E-state index >= 15 is 0 Å². The molecule has 2 rings (SSSR count). The van der Waals surface area contributed by atoms with Crippen LogP contribution in [0, 0.1) is 0 Å². The quantitative estimate of drug-likeness (QED) is 0.822. The van der Waals surface area contributed by atoms with Crippen LogP contribution in [0.1, 0.15) is 23.5 Å². The maximum absolute atomic E-state index is 12.2. The third-order valence-electron chi connectivity index (χ3n) is 3.04. The Bertz CT molecular complexity index is 723. The molecule has 1 amide bonds. The van der Waals surface area contributed by atoms with Crippen LogP contribution in [0.2, 0.25) is 0 Å². The predicted molar refractivity (Wildman–Crippen MR) is 85.7 cm³/mol. The van der Waals surface area contributed by atoms with Gasteiger partial charge in [-0.15, -0.1) is 11.3 Å². The van der Waals surface area contributed by atoms with E-state index in [-0.39, 0.29) is 5.91 Å². The van der Waals surface area contributed by atoms with Crippen LogP contribution in [0.5, 0.6) is 5.75 Å². The molecule has 0 saturated heterocycles. The molecular weight excluding hydrogens is 374 g/mol. The minimum atomic E-state index is -1.20. The van der Waals surface area contributed by atoms with E-state index in [9.17, 15) is 9.59 Å². The molecule has 118 valence electrons. The van der Waals surface area contributed by atoms with E-state index in [1.54, 1.807) is 6.07 Å². The number of nitrogens with zero attached hydrogens (tertiary/aromatic N) is 2. The smallest absolute Gasteiger partial charge is 0.331 e. The number of carbonyl (C=O) groups is 2. The molecule has 2 aromatic rings. The van der Waals surface area contributed by atoms with Crippen molar-refractivity contribution in [1.29, 1.82) is 0 Å². The number of carboxylic acids is 1. The van der Waals surface area contributed by atoms with Crippen molar-refractivity contribution in [2.45, 2.75) is 19.4 Å². The van der Waals surface area contributed by atoms with Gasteiger partial charge in [-0.3, -0.25) is 9.48 Å². The third kappa shape index (κ3) is 3.14. The number of hydrogen-bond acceptors (Lipinski definition) is 5. The van der Waals surface area contributed by atoms with E-state index in [0.717, 1.165) is 3.79 Å². The van der Waals surface area contributed by atoms with Crippen molar-refractivity contribution in [2.75, 3.05) is 12.4 Å². The average molecular weight is 388 g/mol. The largest absolute Gasteiger partial charge is 0.495 e. The Hall–Kier alpha value is -1.87. The number of nitrogens with one attached hydrogen (secondary N) is 1. The minimum absolute atomic E-state index is 0.318. The molecule has 2 N–H and O–H groups in total. The Morgan fingerprint density at radius 3 is 2.73 bits per heavy atom. The van der Waals surface area contributed by atoms with Crippen LogP contribution >= 0.6 is 27.3 Å². The molecule has 0 aromatic carbocycles. The Kier molecular flexibility index (Phi) is 4.57. The maximum Gasteiger partial charge on any atom is 0.331 e. The number of anilines is 1. The number of methoxy groups -OCH3 is 1. The minimum Gasteiger partial charge on any atom is -0.495 e. The number of hydrogen-bond donors (Lipinski definition) is 2. The zero-order valence-electron chi connectivity index (χ0n) is 12.1. The van der Waals surface area contributed by atoms with E-state index in [2.05, 4.69) is 26.3 Å². The fourth-order valence-electron chi connectivity index (χ4n) is 1.59. The summed E-state index contributed by atoms with van der Waals surface area (Å²) >= 11 is 4.55. The van der Waals surface area contributed by atoms with Crippen LogP contribution in [0.3, 0.4) is 0 Å². The Morgan fingerprint density at radius 1 is 1.50 bits per heavy atom. The van der Waals surface area contributed by atoms with E-state index in [1.807, 2.05) is 0 Å². The van der Waals surface area contributed by atoms with Crippen LogP contribution in [0.4, 0.5) is 5.69 Å². The van der Waals surface area contributed by atoms with Crippen molar-refractivity contribution >= 4 is 44.8 Å². The van der Waals surface area contributed by atoms with E-state index in [1.165, 1.54) is 49.4 Å². The highest BCUT2D eigenvalue weighted by Crippen LogP contribution is 2.34. The number of aliphatic carboxylic acids is 1. The van der Waals surface area contributed by atoms with Crippen molar-refractivity contribution in [2.24, 2.45) is 0 Å². The van der Waals surface area contributed by atoms with Crippen molar-refractivity contribution in [3.63, 3.8) is 0 Å². The highest BCUT2D eigenvalue weighted by atomic mass is 79.9. The summed E-state index contributed by atoms with van der Waals surface area (Å²) in [5, 5.41) is 15.8. The van der Waals surface area contributed by atoms with Gasteiger partial charge in [0.15, 0.2) is 5.54 Å². The first-order valence-corrected chi connectivity index (χ1v) is 7.80. The standard InChI is InChI=1S/C13H14BrN3O4S/c1-13(2,12(19)20)17-6-7(5-15-17)16-11(18)9-4-8(21-3)10(14)22-9/h4-6H,1-3H3,(H,16,18)(H,19,20). The molecule has 0 aliphatic rings. The molecule has 2 aromatic heterocycles. The summed E-state index contributed by atoms with van der Waals surface area (Å²) in [6.45, 7) is 3.05. The Morgan fingerprint density at radius 2 is 2.18 bits per heavy atom. The number of rotatable bonds is 5. The van der Waals surface area contributed by atoms with Gasteiger partial charge in [0.25, 0.3) is 5.91 Å². The first-order valence-electron chi connectivity index (χ1n) is 6.19. The van der Waals surface area contributed by atoms with Crippen molar-refractivity contribution in [3.8, 4) is 5.75 Å². The lowest BCUT2D eigenvalue weighted by atomic mass is 10.1. The van der Waals surface area contributed by atoms with Crippen LogP contribution in [-0.4, -0.2) is 33.9 Å². The van der Waals surface area contributed by atoms with Gasteiger partial charge in [0.1, 0.15) is 9.54 Å². The summed E-state index contributed by atoms with van der Waals surface area (Å²) < 4.78 is 7.12. The molecular formula is C13H14BrN3O4S. The molecule has 0 saturated carbocycles. The first kappa shape index (κ1) is 16.5. The Labute approximate surface area is 139 Å². The number of halogens is 1. The molecule has 0 bridgehead atoms. The van der Waals surface area contributed by atoms with Crippen LogP contribution in [-0.2, 0) is 10.3 Å². The molecule has 0 aliphatic heterocycles. The van der Waals surface area contributed by atoms with E-state index in [0.29, 0.717) is 16.3 Å². The van der Waals surface area contributed by atoms with Gasteiger partial charge in [-0.1, -0.05) is 0 Å². The number of carbonyl (C=O) groups excluding carboxylic acids is 1. The monoisotopic (exact) mass is 387 g/mol. The zero-order valence-corrected chi connectivity index (χ0v) is 14.5. The number of amides is 1. The van der Waals surface area contributed by atoms with Gasteiger partial charge in [0.05, 0.1) is 23.9 Å². The van der Waals surface area contributed by atoms with Crippen molar-refractivity contribution in [3.05, 3.63) is 27.1 Å². The lowest BCUT2D eigenvalue weighted by Crippen LogP contribution is -2.35. The van der Waals surface area contributed by atoms with Crippen molar-refractivity contribution in [1.82, 2.24) is 9.78 Å². The van der Waals surface area contributed by atoms with Gasteiger partial charge in [0.2, 0.25) is 0 Å². The average Bonchev–Trinajstić information content (AvgIpc) is 3.05. The van der Waals surface area contributed by atoms with Gasteiger partial charge in [-0.05, 0) is 29.8 Å². The van der Waals surface area contributed by atoms with Gasteiger partial charge in [-0.2, -0.15) is 5.10 Å². The van der Waals surface area contributed by atoms with E-state index < -0.39 is 11.5 Å². The van der Waals surface area contributed by atoms with Gasteiger partial charge in [0, 0.05) is 12.3 Å². The fraction of sp³-hybridized carbons (Fsp3) is 0.308. The molecule has 0 unspecified atom stereocenters. The Balaban J connectivity index is 2.16.